The third-order valence-electron chi connectivity index (χ3n) is 48.0. The van der Waals surface area contributed by atoms with Crippen molar-refractivity contribution < 1.29 is 8.22 Å². The smallest absolute Gasteiger partial charge is 0.0273 e. The zero-order chi connectivity index (χ0) is 87.7. The standard InChI is InChI=1S/C30H50.C27H44.C24H38.C11H20.C10H18.2C8H14/c1-15(2)22-11-20-10-19(22)12-25(20)30-28-14-21(13-24(28)17(5)6)29(30)27-9-18-7-23(16(3)4)26(27)8-18;1-25(2)13-16-9-18(25)11-19(16)24-22-10-17(14-27(22,5)6)23(24)20-7-15-8-21(20)26(3,4)12-15;1-12-5-17-9-16(12)10-21(17)24-20-11-18(6-14(20)3)23(24)22-8-15-4-13(2)19(22)7-15;1-7(2)11-6-9-5-10(11)4-8(9)3;1-7-4-9-5-8(7)6-10(9,2)3;2*1-6-4-7-2-3-8(6)5-7/h15-30H,7-14H2,1-6H3;15-24H,7-14H2,1-6H3;12-24H,4-11H2,1-3H3;7-11H,4-6H2,1-3H3;7-9H,4-6H2,1-3H3;2*6-8H,2-5H2,1H3/t;;;8-,9+,10-,11+;7-,8+,9-;6-,7+,8+;6-,7-,8-/m...0010/s1/i9T,12T;7T,11T;8T,10T;;;;. The molecule has 0 aliphatic heterocycles. The Morgan fingerprint density at radius 2 is 0.653 bits per heavy atom. The lowest BCUT2D eigenvalue weighted by Gasteiger charge is -2.51. The molecule has 26 saturated carbocycles. The summed E-state index contributed by atoms with van der Waals surface area (Å²) >= 11 is 0. The first-order chi connectivity index (χ1) is 58.6. The summed E-state index contributed by atoms with van der Waals surface area (Å²) in [5.41, 5.74) is 2.00. The molecular formula is C118H198. The summed E-state index contributed by atoms with van der Waals surface area (Å²) in [6.07, 6.45) is 47.8. The van der Waals surface area contributed by atoms with Crippen molar-refractivity contribution in [3.8, 4) is 0 Å². The summed E-state index contributed by atoms with van der Waals surface area (Å²) in [5, 5.41) is 0. The van der Waals surface area contributed by atoms with Crippen molar-refractivity contribution in [1.82, 2.24) is 0 Å². The van der Waals surface area contributed by atoms with Crippen LogP contribution >= 0.6 is 0 Å². The average molecular weight is 1630 g/mol. The highest BCUT2D eigenvalue weighted by atomic mass is 14.7. The number of rotatable bonds is 10. The zero-order valence-electron chi connectivity index (χ0n) is 87.7. The lowest BCUT2D eigenvalue weighted by Crippen LogP contribution is -2.45. The predicted octanol–water partition coefficient (Wildman–Crippen LogP) is 33.1. The van der Waals surface area contributed by atoms with Crippen LogP contribution < -0.4 is 0 Å². The minimum absolute atomic E-state index is 0.169. The highest BCUT2D eigenvalue weighted by molar-refractivity contribution is 5.18. The van der Waals surface area contributed by atoms with Gasteiger partial charge in [-0.05, 0) is 566 Å². The molecule has 55 atom stereocenters. The van der Waals surface area contributed by atoms with Crippen LogP contribution in [0.25, 0.3) is 0 Å². The van der Waals surface area contributed by atoms with Gasteiger partial charge in [0.15, 0.2) is 0 Å². The van der Waals surface area contributed by atoms with Gasteiger partial charge in [-0.25, -0.2) is 0 Å². The normalized spacial score (nSPS) is 61.8. The van der Waals surface area contributed by atoms with E-state index in [1.54, 1.807) is 64.2 Å². The van der Waals surface area contributed by atoms with Gasteiger partial charge in [0, 0.05) is 8.22 Å². The summed E-state index contributed by atoms with van der Waals surface area (Å²) in [6.45, 7) is 56.5. The Hall–Kier alpha value is 0. The summed E-state index contributed by atoms with van der Waals surface area (Å²) in [5.74, 6) is 45.7. The molecule has 0 aromatic heterocycles. The van der Waals surface area contributed by atoms with E-state index in [2.05, 4.69) is 159 Å². The van der Waals surface area contributed by atoms with Gasteiger partial charge < -0.3 is 0 Å². The van der Waals surface area contributed by atoms with Gasteiger partial charge in [0.25, 0.3) is 0 Å². The van der Waals surface area contributed by atoms with E-state index in [1.807, 2.05) is 0 Å². The first kappa shape index (κ1) is 79.0. The van der Waals surface area contributed by atoms with Gasteiger partial charge in [-0.1, -0.05) is 172 Å². The van der Waals surface area contributed by atoms with E-state index in [0.717, 1.165) is 243 Å². The quantitative estimate of drug-likeness (QED) is 0.205. The van der Waals surface area contributed by atoms with Crippen LogP contribution in [0.1, 0.15) is 411 Å². The van der Waals surface area contributed by atoms with Crippen LogP contribution in [0.4, 0.5) is 0 Å². The molecule has 0 aromatic carbocycles. The van der Waals surface area contributed by atoms with Crippen molar-refractivity contribution in [1.29, 1.82) is 0 Å². The van der Waals surface area contributed by atoms with Crippen LogP contribution in [-0.2, 0) is 0 Å². The molecule has 26 rings (SSSR count). The molecule has 0 N–H and O–H groups in total. The molecule has 26 aliphatic rings. The van der Waals surface area contributed by atoms with E-state index in [1.165, 1.54) is 141 Å². The van der Waals surface area contributed by atoms with E-state index in [-0.39, 0.29) is 38.4 Å². The predicted molar refractivity (Wildman–Crippen MR) is 501 cm³/mol. The van der Waals surface area contributed by atoms with E-state index in [4.69, 9.17) is 2.74 Å². The first-order valence-corrected chi connectivity index (χ1v) is 55.1. The Bertz CT molecular complexity index is 3640. The highest BCUT2D eigenvalue weighted by Gasteiger charge is 2.69. The second-order valence-corrected chi connectivity index (χ2v) is 57.0. The molecule has 0 amide bonds. The van der Waals surface area contributed by atoms with Gasteiger partial charge in [-0.2, -0.15) is 0 Å². The topological polar surface area (TPSA) is 0 Å². The van der Waals surface area contributed by atoms with Crippen molar-refractivity contribution in [2.45, 2.75) is 403 Å². The summed E-state index contributed by atoms with van der Waals surface area (Å²) in [7, 11) is 0. The zero-order valence-corrected chi connectivity index (χ0v) is 81.7. The van der Waals surface area contributed by atoms with Crippen LogP contribution in [-0.4, -0.2) is 0 Å². The van der Waals surface area contributed by atoms with Crippen LogP contribution in [0.15, 0.2) is 0 Å². The third-order valence-corrected chi connectivity index (χ3v) is 48.0. The number of fused-ring (bicyclic) bond motifs is 26. The lowest BCUT2D eigenvalue weighted by atomic mass is 9.53. The van der Waals surface area contributed by atoms with E-state index < -0.39 is 0 Å². The molecule has 0 heteroatoms. The third kappa shape index (κ3) is 15.2. The summed E-state index contributed by atoms with van der Waals surface area (Å²) < 4.78 is 55.6. The van der Waals surface area contributed by atoms with Gasteiger partial charge in [-0.15, -0.1) is 0 Å². The fraction of sp³-hybridized carbons (Fsp3) is 1.00. The monoisotopic (exact) mass is 1630 g/mol. The maximum absolute atomic E-state index is 9.49. The average Bonchev–Trinajstić information content (AvgIpc) is 1.53. The molecular weight excluding hydrogens is 1420 g/mol. The van der Waals surface area contributed by atoms with Crippen molar-refractivity contribution in [3.05, 3.63) is 0 Å². The Morgan fingerprint density at radius 1 is 0.203 bits per heavy atom. The molecule has 0 saturated heterocycles. The maximum atomic E-state index is 9.49. The molecule has 0 heterocycles. The second-order valence-electron chi connectivity index (χ2n) is 57.0. The SMILES string of the molecule is CC(C)[C@H]1C[C@H]2C[C@@H]1C[C@@H]2C.C[C@@H]1C[C@@H]2CC[C@H]1C2.C[C@H]1C[C@@H]2CC[C@H]1C2.C[C@H]1C[C@H]2C[C@@H]1CC2(C)C.[3H]C1C2CC(C1C1C3CC(C1C1C4CC(C1[3H])C(C)(C)C4)C(C)(C)C3)C(C)(C)C2.[3H]C1C2CC(CC2C(C)C)C1C1C2CC(CC2C(C)C)C1C1C([3H])C2CC(C(C)C)C1C2.[3H]C1C2CC(CC2C)C1C1C2CC(CC2C)C1C1C([3H])C2CC(C)C1C2. The fourth-order valence-electron chi connectivity index (χ4n) is 42.8. The van der Waals surface area contributed by atoms with Gasteiger partial charge >= 0.3 is 0 Å². The molecule has 0 nitrogen and oxygen atoms in total. The van der Waals surface area contributed by atoms with Crippen LogP contribution in [0.3, 0.4) is 0 Å². The van der Waals surface area contributed by atoms with Crippen molar-refractivity contribution in [2.24, 2.45) is 335 Å². The Kier molecular flexibility index (Phi) is 21.6. The van der Waals surface area contributed by atoms with Gasteiger partial charge in [0.1, 0.15) is 0 Å². The molecule has 0 aromatic rings. The van der Waals surface area contributed by atoms with Gasteiger partial charge in [-0.3, -0.25) is 0 Å². The van der Waals surface area contributed by atoms with E-state index in [9.17, 15) is 5.48 Å². The maximum Gasteiger partial charge on any atom is 0.0273 e. The van der Waals surface area contributed by atoms with Crippen molar-refractivity contribution in [3.63, 3.8) is 0 Å². The van der Waals surface area contributed by atoms with E-state index in [0.29, 0.717) is 92.7 Å². The second kappa shape index (κ2) is 32.2. The molecule has 118 heavy (non-hydrogen) atoms. The first-order valence-electron chi connectivity index (χ1n) is 58.6. The van der Waals surface area contributed by atoms with Crippen LogP contribution in [0, 0.1) is 335 Å². The summed E-state index contributed by atoms with van der Waals surface area (Å²) in [6, 6.07) is 0. The lowest BCUT2D eigenvalue weighted by molar-refractivity contribution is -0.0318. The van der Waals surface area contributed by atoms with Crippen molar-refractivity contribution in [2.75, 3.05) is 0 Å². The molecule has 26 aliphatic carbocycles. The van der Waals surface area contributed by atoms with Gasteiger partial charge in [0.05, 0.1) is 0 Å². The Morgan fingerprint density at radius 3 is 1.17 bits per heavy atom. The van der Waals surface area contributed by atoms with Crippen LogP contribution in [0.2, 0.25) is 0 Å². The highest BCUT2D eigenvalue weighted by Crippen LogP contribution is 2.77. The molecule has 26 fully saturated rings. The van der Waals surface area contributed by atoms with E-state index >= 15 is 0 Å². The summed E-state index contributed by atoms with van der Waals surface area (Å²) in [4.78, 5) is 0. The molecule has 0 spiro atoms. The molecule has 670 valence electrons. The van der Waals surface area contributed by atoms with Gasteiger partial charge in [0.2, 0.25) is 0 Å². The number of hydrogen-bond acceptors (Lipinski definition) is 0. The Labute approximate surface area is 742 Å². The minimum atomic E-state index is 0.169. The fourth-order valence-corrected chi connectivity index (χ4v) is 42.8. The van der Waals surface area contributed by atoms with Crippen molar-refractivity contribution >= 4 is 0 Å². The molecule has 0 radical (unpaired) electrons. The molecule has 26 bridgehead atoms. The molecule has 42 unspecified atom stereocenters. The number of hydrogen-bond donors (Lipinski definition) is 0. The Balaban J connectivity index is 0.0000000977. The van der Waals surface area contributed by atoms with Crippen LogP contribution in [0.5, 0.6) is 0 Å². The minimum Gasteiger partial charge on any atom is -0.0625 e. The largest absolute Gasteiger partial charge is 0.0625 e.